The highest BCUT2D eigenvalue weighted by atomic mass is 19.3. The summed E-state index contributed by atoms with van der Waals surface area (Å²) in [6.07, 6.45) is 4.86. The molecular formula is C30H37F2N5O3. The highest BCUT2D eigenvalue weighted by Gasteiger charge is 2.44. The quantitative estimate of drug-likeness (QED) is 0.499. The minimum atomic E-state index is -2.73. The van der Waals surface area contributed by atoms with Gasteiger partial charge in [0.05, 0.1) is 12.6 Å². The summed E-state index contributed by atoms with van der Waals surface area (Å²) in [5.74, 6) is -3.65. The van der Waals surface area contributed by atoms with Crippen molar-refractivity contribution in [2.24, 2.45) is 0 Å². The normalized spacial score (nSPS) is 21.9. The molecule has 8 nitrogen and oxygen atoms in total. The van der Waals surface area contributed by atoms with E-state index in [1.165, 1.54) is 23.1 Å². The minimum Gasteiger partial charge on any atom is -0.379 e. The van der Waals surface area contributed by atoms with Crippen molar-refractivity contribution >= 4 is 17.5 Å². The number of likely N-dealkylation sites (tertiary alicyclic amines) is 1. The van der Waals surface area contributed by atoms with Crippen LogP contribution in [0.2, 0.25) is 0 Å². The van der Waals surface area contributed by atoms with Crippen molar-refractivity contribution in [3.8, 4) is 6.19 Å². The van der Waals surface area contributed by atoms with Crippen LogP contribution in [-0.2, 0) is 19.7 Å². The number of carbonyl (C=O) groups excluding carboxylic acids is 2. The summed E-state index contributed by atoms with van der Waals surface area (Å²) in [5, 5.41) is 12.7. The van der Waals surface area contributed by atoms with Crippen molar-refractivity contribution in [3.63, 3.8) is 0 Å². The Bertz CT molecular complexity index is 1220. The van der Waals surface area contributed by atoms with Crippen molar-refractivity contribution in [1.82, 2.24) is 15.2 Å². The first kappa shape index (κ1) is 29.4. The molecule has 2 heterocycles. The summed E-state index contributed by atoms with van der Waals surface area (Å²) >= 11 is 0. The molecule has 10 heteroatoms. The zero-order valence-electron chi connectivity index (χ0n) is 23.4. The molecule has 1 saturated carbocycles. The maximum atomic E-state index is 14.3. The first-order chi connectivity index (χ1) is 18.9. The first-order valence-electron chi connectivity index (χ1n) is 13.6. The van der Waals surface area contributed by atoms with Crippen LogP contribution in [0.1, 0.15) is 70.0 Å². The molecule has 0 spiro atoms. The van der Waals surface area contributed by atoms with Crippen LogP contribution in [0.15, 0.2) is 48.8 Å². The number of nitrogens with one attached hydrogen (secondary N) is 1. The number of pyridine rings is 1. The number of alkyl halides is 2. The van der Waals surface area contributed by atoms with E-state index in [0.717, 1.165) is 5.56 Å². The number of ether oxygens (including phenoxy) is 1. The van der Waals surface area contributed by atoms with Crippen LogP contribution in [0.4, 0.5) is 14.5 Å². The third-order valence-electron chi connectivity index (χ3n) is 7.83. The maximum Gasteiger partial charge on any atom is 0.251 e. The van der Waals surface area contributed by atoms with Crippen LogP contribution in [-0.4, -0.2) is 59.5 Å². The molecule has 2 aliphatic rings. The number of nitrogens with zero attached hydrogens (tertiary/aromatic N) is 4. The standard InChI is InChI=1S/C30H37F2N5O3/c1-29(2,3)21-7-9-23(10-8-21)37(28(39)25-16-24(40-4)18-36(25)19-33)26(20-6-5-15-34-17-20)27(38)35-22-11-13-30(31,32)14-12-22/h5-10,15,17,22,24-26H,11-14,16,18H2,1-4H3,(H,35,38)/t24-,25-,26?/m1/s1. The van der Waals surface area contributed by atoms with Crippen LogP contribution in [0.25, 0.3) is 0 Å². The lowest BCUT2D eigenvalue weighted by molar-refractivity contribution is -0.129. The van der Waals surface area contributed by atoms with Gasteiger partial charge in [-0.15, -0.1) is 0 Å². The number of methoxy groups -OCH3 is 1. The predicted octanol–water partition coefficient (Wildman–Crippen LogP) is 4.72. The van der Waals surface area contributed by atoms with Gasteiger partial charge in [-0.3, -0.25) is 24.4 Å². The van der Waals surface area contributed by atoms with E-state index in [4.69, 9.17) is 4.74 Å². The number of carbonyl (C=O) groups is 2. The molecule has 0 bridgehead atoms. The average Bonchev–Trinajstić information content (AvgIpc) is 3.36. The molecule has 2 amide bonds. The predicted molar refractivity (Wildman–Crippen MR) is 146 cm³/mol. The van der Waals surface area contributed by atoms with Crippen LogP contribution >= 0.6 is 0 Å². The van der Waals surface area contributed by atoms with Gasteiger partial charge in [-0.1, -0.05) is 39.0 Å². The molecular weight excluding hydrogens is 516 g/mol. The molecule has 1 aromatic heterocycles. The van der Waals surface area contributed by atoms with Crippen molar-refractivity contribution in [3.05, 3.63) is 59.9 Å². The van der Waals surface area contributed by atoms with Gasteiger partial charge < -0.3 is 10.1 Å². The van der Waals surface area contributed by atoms with E-state index in [9.17, 15) is 23.6 Å². The maximum absolute atomic E-state index is 14.3. The van der Waals surface area contributed by atoms with Crippen LogP contribution in [0.3, 0.4) is 0 Å². The van der Waals surface area contributed by atoms with Gasteiger partial charge in [0.15, 0.2) is 6.19 Å². The molecule has 2 aromatic rings. The van der Waals surface area contributed by atoms with E-state index in [1.54, 1.807) is 30.5 Å². The molecule has 1 aliphatic carbocycles. The zero-order chi connectivity index (χ0) is 29.1. The molecule has 1 N–H and O–H groups in total. The molecule has 0 radical (unpaired) electrons. The highest BCUT2D eigenvalue weighted by Crippen LogP contribution is 2.36. The summed E-state index contributed by atoms with van der Waals surface area (Å²) in [7, 11) is 1.54. The van der Waals surface area contributed by atoms with Crippen molar-refractivity contribution < 1.29 is 23.1 Å². The van der Waals surface area contributed by atoms with Gasteiger partial charge in [0.25, 0.3) is 5.91 Å². The Kier molecular flexibility index (Phi) is 8.74. The fourth-order valence-corrected chi connectivity index (χ4v) is 5.42. The van der Waals surface area contributed by atoms with Crippen molar-refractivity contribution in [2.75, 3.05) is 18.6 Å². The van der Waals surface area contributed by atoms with Crippen molar-refractivity contribution in [2.45, 2.75) is 88.4 Å². The van der Waals surface area contributed by atoms with E-state index in [0.29, 0.717) is 17.7 Å². The molecule has 2 fully saturated rings. The monoisotopic (exact) mass is 553 g/mol. The van der Waals surface area contributed by atoms with E-state index in [2.05, 4.69) is 37.3 Å². The number of anilines is 1. The Morgan fingerprint density at radius 2 is 1.88 bits per heavy atom. The molecule has 4 rings (SSSR count). The van der Waals surface area contributed by atoms with Gasteiger partial charge >= 0.3 is 0 Å². The Morgan fingerprint density at radius 3 is 2.42 bits per heavy atom. The van der Waals surface area contributed by atoms with Gasteiger partial charge in [-0.25, -0.2) is 8.78 Å². The summed E-state index contributed by atoms with van der Waals surface area (Å²) in [6, 6.07) is 8.43. The van der Waals surface area contributed by atoms with Gasteiger partial charge in [0, 0.05) is 56.1 Å². The summed E-state index contributed by atoms with van der Waals surface area (Å²) in [4.78, 5) is 35.3. The molecule has 214 valence electrons. The van der Waals surface area contributed by atoms with E-state index < -0.39 is 35.9 Å². The topological polar surface area (TPSA) is 98.6 Å². The smallest absolute Gasteiger partial charge is 0.251 e. The number of hydrogen-bond donors (Lipinski definition) is 1. The number of hydrogen-bond acceptors (Lipinski definition) is 6. The Hall–Kier alpha value is -3.58. The Morgan fingerprint density at radius 1 is 1.20 bits per heavy atom. The van der Waals surface area contributed by atoms with Gasteiger partial charge in [-0.05, 0) is 42.0 Å². The van der Waals surface area contributed by atoms with E-state index in [1.807, 2.05) is 12.1 Å². The lowest BCUT2D eigenvalue weighted by atomic mass is 9.87. The van der Waals surface area contributed by atoms with E-state index in [-0.39, 0.29) is 43.7 Å². The summed E-state index contributed by atoms with van der Waals surface area (Å²) in [6.45, 7) is 6.51. The number of halogens is 2. The SMILES string of the molecule is CO[C@@H]1C[C@H](C(=O)N(c2ccc(C(C)(C)C)cc2)C(C(=O)NC2CCC(F)(F)CC2)c2cccnc2)N(C#N)C1. The zero-order valence-corrected chi connectivity index (χ0v) is 23.4. The molecule has 3 atom stereocenters. The van der Waals surface area contributed by atoms with Crippen LogP contribution in [0.5, 0.6) is 0 Å². The third kappa shape index (κ3) is 6.58. The number of nitriles is 1. The largest absolute Gasteiger partial charge is 0.379 e. The highest BCUT2D eigenvalue weighted by molar-refractivity contribution is 6.04. The average molecular weight is 554 g/mol. The number of rotatable bonds is 7. The summed E-state index contributed by atoms with van der Waals surface area (Å²) in [5.41, 5.74) is 1.87. The molecule has 1 aliphatic heterocycles. The van der Waals surface area contributed by atoms with Gasteiger partial charge in [0.2, 0.25) is 11.8 Å². The fraction of sp³-hybridized carbons (Fsp3) is 0.533. The van der Waals surface area contributed by atoms with Crippen LogP contribution in [0, 0.1) is 11.5 Å². The summed E-state index contributed by atoms with van der Waals surface area (Å²) < 4.78 is 33.1. The number of amides is 2. The molecule has 40 heavy (non-hydrogen) atoms. The second-order valence-electron chi connectivity index (χ2n) is 11.7. The lowest BCUT2D eigenvalue weighted by Gasteiger charge is -2.36. The third-order valence-corrected chi connectivity index (χ3v) is 7.83. The molecule has 1 unspecified atom stereocenters. The second kappa shape index (κ2) is 11.9. The first-order valence-corrected chi connectivity index (χ1v) is 13.6. The number of aromatic nitrogens is 1. The Labute approximate surface area is 234 Å². The van der Waals surface area contributed by atoms with Gasteiger partial charge in [0.1, 0.15) is 12.1 Å². The molecule has 1 saturated heterocycles. The van der Waals surface area contributed by atoms with E-state index >= 15 is 0 Å². The molecule has 1 aromatic carbocycles. The minimum absolute atomic E-state index is 0.134. The van der Waals surface area contributed by atoms with Gasteiger partial charge in [-0.2, -0.15) is 5.26 Å². The van der Waals surface area contributed by atoms with Crippen LogP contribution < -0.4 is 10.2 Å². The fourth-order valence-electron chi connectivity index (χ4n) is 5.42. The lowest BCUT2D eigenvalue weighted by Crippen LogP contribution is -2.52. The van der Waals surface area contributed by atoms with Crippen molar-refractivity contribution in [1.29, 1.82) is 5.26 Å². The second-order valence-corrected chi connectivity index (χ2v) is 11.7. The Balaban J connectivity index is 1.76. The number of benzene rings is 1.